The first-order valence-electron chi connectivity index (χ1n) is 9.78. The molecule has 2 aromatic rings. The lowest BCUT2D eigenvalue weighted by atomic mass is 10.0. The van der Waals surface area contributed by atoms with Gasteiger partial charge in [0, 0.05) is 24.2 Å². The summed E-state index contributed by atoms with van der Waals surface area (Å²) in [7, 11) is 0. The number of aromatic amines is 1. The molecule has 1 aliphatic heterocycles. The summed E-state index contributed by atoms with van der Waals surface area (Å²) in [5.41, 5.74) is 0.695. The van der Waals surface area contributed by atoms with Crippen molar-refractivity contribution in [3.05, 3.63) is 29.7 Å². The van der Waals surface area contributed by atoms with Gasteiger partial charge in [-0.25, -0.2) is 4.79 Å². The molecule has 1 saturated heterocycles. The van der Waals surface area contributed by atoms with E-state index in [0.29, 0.717) is 36.3 Å². The maximum absolute atomic E-state index is 12.6. The van der Waals surface area contributed by atoms with Gasteiger partial charge in [-0.1, -0.05) is 0 Å². The maximum Gasteiger partial charge on any atom is 0.408 e. The molecule has 2 fully saturated rings. The van der Waals surface area contributed by atoms with Gasteiger partial charge in [0.15, 0.2) is 5.82 Å². The lowest BCUT2D eigenvalue weighted by molar-refractivity contribution is 0.0571. The largest absolute Gasteiger partial charge is 0.465 e. The van der Waals surface area contributed by atoms with Crippen LogP contribution in [0.4, 0.5) is 10.6 Å². The highest BCUT2D eigenvalue weighted by atomic mass is 16.5. The molecule has 4 rings (SSSR count). The van der Waals surface area contributed by atoms with Gasteiger partial charge in [0.1, 0.15) is 11.8 Å². The van der Waals surface area contributed by atoms with Crippen LogP contribution in [0.2, 0.25) is 0 Å². The number of rotatable bonds is 5. The van der Waals surface area contributed by atoms with Crippen LogP contribution in [-0.2, 0) is 4.74 Å². The number of aromatic nitrogens is 4. The Labute approximate surface area is 168 Å². The van der Waals surface area contributed by atoms with Gasteiger partial charge in [-0.2, -0.15) is 10.2 Å². The van der Waals surface area contributed by atoms with Gasteiger partial charge >= 0.3 is 6.09 Å². The number of hydrogen-bond donors (Lipinski definition) is 3. The third-order valence-electron chi connectivity index (χ3n) is 5.25. The minimum Gasteiger partial charge on any atom is -0.465 e. The summed E-state index contributed by atoms with van der Waals surface area (Å²) in [6, 6.07) is 3.49. The number of ether oxygens (including phenoxy) is 1. The topological polar surface area (TPSA) is 125 Å². The number of amides is 2. The zero-order valence-electron chi connectivity index (χ0n) is 16.8. The molecule has 156 valence electrons. The van der Waals surface area contributed by atoms with Gasteiger partial charge in [-0.15, -0.1) is 0 Å². The Morgan fingerprint density at radius 1 is 1.38 bits per heavy atom. The summed E-state index contributed by atoms with van der Waals surface area (Å²) >= 11 is 0. The quantitative estimate of drug-likeness (QED) is 0.706. The molecule has 0 bridgehead atoms. The second-order valence-corrected chi connectivity index (χ2v) is 8.59. The van der Waals surface area contributed by atoms with Crippen LogP contribution >= 0.6 is 0 Å². The van der Waals surface area contributed by atoms with Crippen molar-refractivity contribution in [2.24, 2.45) is 0 Å². The van der Waals surface area contributed by atoms with Gasteiger partial charge in [0.25, 0.3) is 5.91 Å². The van der Waals surface area contributed by atoms with Crippen molar-refractivity contribution in [2.45, 2.75) is 63.8 Å². The summed E-state index contributed by atoms with van der Waals surface area (Å²) in [5.74, 6) is 0.133. The Bertz CT molecular complexity index is 910. The van der Waals surface area contributed by atoms with Crippen molar-refractivity contribution >= 4 is 17.8 Å². The summed E-state index contributed by atoms with van der Waals surface area (Å²) in [6.07, 6.45) is 2.95. The summed E-state index contributed by atoms with van der Waals surface area (Å²) in [4.78, 5) is 25.7. The average molecular weight is 402 g/mol. The number of carbonyl (C=O) groups is 2. The van der Waals surface area contributed by atoms with E-state index in [1.165, 1.54) is 4.90 Å². The fraction of sp³-hybridized carbons (Fsp3) is 0.579. The smallest absolute Gasteiger partial charge is 0.408 e. The van der Waals surface area contributed by atoms with Crippen LogP contribution in [-0.4, -0.2) is 60.2 Å². The van der Waals surface area contributed by atoms with Crippen LogP contribution < -0.4 is 5.32 Å². The van der Waals surface area contributed by atoms with E-state index in [2.05, 4.69) is 20.6 Å². The Balaban J connectivity index is 1.41. The van der Waals surface area contributed by atoms with Gasteiger partial charge in [-0.3, -0.25) is 19.5 Å². The van der Waals surface area contributed by atoms with E-state index in [9.17, 15) is 14.7 Å². The molecule has 10 nitrogen and oxygen atoms in total. The third kappa shape index (κ3) is 3.98. The molecule has 2 aliphatic rings. The number of anilines is 1. The van der Waals surface area contributed by atoms with Gasteiger partial charge in [0.05, 0.1) is 24.4 Å². The highest BCUT2D eigenvalue weighted by molar-refractivity contribution is 6.02. The molecule has 10 heteroatoms. The monoisotopic (exact) mass is 402 g/mol. The first-order valence-corrected chi connectivity index (χ1v) is 9.78. The third-order valence-corrected chi connectivity index (χ3v) is 5.25. The second kappa shape index (κ2) is 7.18. The van der Waals surface area contributed by atoms with Crippen LogP contribution in [0, 0.1) is 0 Å². The summed E-state index contributed by atoms with van der Waals surface area (Å²) in [5, 5.41) is 23.6. The minimum atomic E-state index is -0.961. The van der Waals surface area contributed by atoms with Crippen LogP contribution in [0.15, 0.2) is 18.3 Å². The molecule has 0 radical (unpaired) electrons. The molecule has 3 heterocycles. The molecule has 1 aliphatic carbocycles. The predicted molar refractivity (Wildman–Crippen MR) is 104 cm³/mol. The predicted octanol–water partition coefficient (Wildman–Crippen LogP) is 2.80. The van der Waals surface area contributed by atoms with E-state index in [0.717, 1.165) is 12.8 Å². The highest BCUT2D eigenvalue weighted by Crippen LogP contribution is 2.36. The number of nitrogens with one attached hydrogen (secondary N) is 2. The zero-order valence-corrected chi connectivity index (χ0v) is 16.8. The molecule has 0 spiro atoms. The normalized spacial score (nSPS) is 21.9. The van der Waals surface area contributed by atoms with Crippen molar-refractivity contribution in [1.82, 2.24) is 24.9 Å². The van der Waals surface area contributed by atoms with E-state index >= 15 is 0 Å². The summed E-state index contributed by atoms with van der Waals surface area (Å²) in [6.45, 7) is 5.91. The van der Waals surface area contributed by atoms with E-state index in [1.54, 1.807) is 23.0 Å². The summed E-state index contributed by atoms with van der Waals surface area (Å²) < 4.78 is 7.57. The van der Waals surface area contributed by atoms with Crippen molar-refractivity contribution in [3.63, 3.8) is 0 Å². The van der Waals surface area contributed by atoms with Crippen molar-refractivity contribution in [2.75, 3.05) is 11.9 Å². The Morgan fingerprint density at radius 2 is 2.14 bits per heavy atom. The van der Waals surface area contributed by atoms with E-state index in [4.69, 9.17) is 4.74 Å². The molecular weight excluding hydrogens is 376 g/mol. The molecule has 3 N–H and O–H groups in total. The van der Waals surface area contributed by atoms with Crippen LogP contribution in [0.3, 0.4) is 0 Å². The Morgan fingerprint density at radius 3 is 2.79 bits per heavy atom. The SMILES string of the molecule is CC(C)(C)N(C(=O)O)[C@H]1CO[C@@H](c2cc(NC(=O)c3ccnn3C3CC3)n[nH]2)C1. The average Bonchev–Trinajstić information content (AvgIpc) is 3.03. The molecule has 2 amide bonds. The molecular formula is C19H26N6O4. The molecule has 1 saturated carbocycles. The Kier molecular flexibility index (Phi) is 4.81. The lowest BCUT2D eigenvalue weighted by Gasteiger charge is -2.37. The van der Waals surface area contributed by atoms with Crippen molar-refractivity contribution < 1.29 is 19.4 Å². The standard InChI is InChI=1S/C19H26N6O4/c1-19(2,3)24(18(27)28)12-8-15(29-10-12)13-9-16(23-22-13)21-17(26)14-6-7-20-25(14)11-4-5-11/h6-7,9,11-12,15H,4-5,8,10H2,1-3H3,(H,27,28)(H2,21,22,23,26)/t12-,15-/m1/s1. The van der Waals surface area contributed by atoms with Crippen LogP contribution in [0.5, 0.6) is 0 Å². The minimum absolute atomic E-state index is 0.244. The molecule has 2 aromatic heterocycles. The number of carbonyl (C=O) groups excluding carboxylic acids is 1. The lowest BCUT2D eigenvalue weighted by Crippen LogP contribution is -2.51. The highest BCUT2D eigenvalue weighted by Gasteiger charge is 2.39. The van der Waals surface area contributed by atoms with E-state index < -0.39 is 11.6 Å². The fourth-order valence-electron chi connectivity index (χ4n) is 3.85. The van der Waals surface area contributed by atoms with Crippen molar-refractivity contribution in [1.29, 1.82) is 0 Å². The number of H-pyrrole nitrogens is 1. The van der Waals surface area contributed by atoms with E-state index in [1.807, 2.05) is 20.8 Å². The van der Waals surface area contributed by atoms with Gasteiger partial charge < -0.3 is 15.2 Å². The molecule has 0 unspecified atom stereocenters. The molecule has 0 aromatic carbocycles. The van der Waals surface area contributed by atoms with Crippen molar-refractivity contribution in [3.8, 4) is 0 Å². The maximum atomic E-state index is 12.6. The van der Waals surface area contributed by atoms with Gasteiger partial charge in [-0.05, 0) is 39.7 Å². The fourth-order valence-corrected chi connectivity index (χ4v) is 3.85. The zero-order chi connectivity index (χ0) is 20.8. The van der Waals surface area contributed by atoms with Gasteiger partial charge in [0.2, 0.25) is 0 Å². The Hall–Kier alpha value is -2.88. The number of hydrogen-bond acceptors (Lipinski definition) is 5. The van der Waals surface area contributed by atoms with Crippen LogP contribution in [0.1, 0.15) is 68.4 Å². The number of nitrogens with zero attached hydrogens (tertiary/aromatic N) is 4. The van der Waals surface area contributed by atoms with E-state index in [-0.39, 0.29) is 18.1 Å². The first-order chi connectivity index (χ1) is 13.7. The second-order valence-electron chi connectivity index (χ2n) is 8.59. The number of carboxylic acid groups (broad SMARTS) is 1. The molecule has 29 heavy (non-hydrogen) atoms. The van der Waals surface area contributed by atoms with Crippen LogP contribution in [0.25, 0.3) is 0 Å². The first kappa shape index (κ1) is 19.4. The molecule has 2 atom stereocenters.